The minimum absolute atomic E-state index is 0.142. The first-order valence-corrected chi connectivity index (χ1v) is 17.5. The first-order valence-electron chi connectivity index (χ1n) is 15.5. The fourth-order valence-corrected chi connectivity index (χ4v) is 7.46. The minimum atomic E-state index is -0.883. The highest BCUT2D eigenvalue weighted by Crippen LogP contribution is 2.39. The highest BCUT2D eigenvalue weighted by atomic mass is 79.9. The van der Waals surface area contributed by atoms with Crippen LogP contribution < -0.4 is 33.8 Å². The lowest BCUT2D eigenvalue weighted by Crippen LogP contribution is -2.40. The van der Waals surface area contributed by atoms with Gasteiger partial charge in [-0.3, -0.25) is 9.36 Å². The van der Waals surface area contributed by atoms with Crippen molar-refractivity contribution in [2.75, 3.05) is 27.9 Å². The van der Waals surface area contributed by atoms with Crippen molar-refractivity contribution in [3.05, 3.63) is 142 Å². The highest BCUT2D eigenvalue weighted by Gasteiger charge is 2.35. The maximum Gasteiger partial charge on any atom is 0.338 e. The Balaban J connectivity index is 1.52. The zero-order chi connectivity index (χ0) is 35.4. The van der Waals surface area contributed by atoms with Gasteiger partial charge in [-0.15, -0.1) is 0 Å². The summed E-state index contributed by atoms with van der Waals surface area (Å²) in [5.74, 6) is 1.35. The monoisotopic (exact) mass is 774 g/mol. The van der Waals surface area contributed by atoms with Crippen molar-refractivity contribution < 1.29 is 28.5 Å². The van der Waals surface area contributed by atoms with Crippen LogP contribution in [-0.4, -0.2) is 38.5 Å². The number of ether oxygens (including phenoxy) is 5. The van der Waals surface area contributed by atoms with Crippen molar-refractivity contribution in [3.8, 4) is 23.0 Å². The van der Waals surface area contributed by atoms with Crippen LogP contribution in [0.2, 0.25) is 5.02 Å². The van der Waals surface area contributed by atoms with Crippen molar-refractivity contribution in [1.82, 2.24) is 4.57 Å². The molecule has 0 N–H and O–H groups in total. The molecule has 0 radical (unpaired) electrons. The van der Waals surface area contributed by atoms with Crippen LogP contribution in [0.5, 0.6) is 23.0 Å². The van der Waals surface area contributed by atoms with Crippen LogP contribution >= 0.6 is 38.9 Å². The minimum Gasteiger partial charge on any atom is -0.493 e. The lowest BCUT2D eigenvalue weighted by molar-refractivity contribution is -0.138. The SMILES string of the molecule is CCOC(=O)C1=C(c2ccccc2)N=c2s/c(=C\c3cc(Br)c(OCc4cccc(Cl)c4)c(OC)c3)c(=O)n2[C@@H]1c1ccc(OC)c(OC)c1. The summed E-state index contributed by atoms with van der Waals surface area (Å²) in [5.41, 5.74) is 3.23. The number of carbonyl (C=O) groups is 1. The van der Waals surface area contributed by atoms with Crippen LogP contribution in [0.25, 0.3) is 11.8 Å². The first-order chi connectivity index (χ1) is 24.3. The Kier molecular flexibility index (Phi) is 10.8. The van der Waals surface area contributed by atoms with Crippen molar-refractivity contribution in [1.29, 1.82) is 0 Å². The van der Waals surface area contributed by atoms with E-state index < -0.39 is 12.0 Å². The molecule has 0 amide bonds. The van der Waals surface area contributed by atoms with Gasteiger partial charge in [-0.25, -0.2) is 9.79 Å². The fraction of sp³-hybridized carbons (Fsp3) is 0.184. The quantitative estimate of drug-likeness (QED) is 0.134. The van der Waals surface area contributed by atoms with E-state index in [1.165, 1.54) is 23.0 Å². The largest absolute Gasteiger partial charge is 0.493 e. The molecule has 50 heavy (non-hydrogen) atoms. The number of thiazole rings is 1. The third-order valence-corrected chi connectivity index (χ3v) is 9.73. The molecule has 0 unspecified atom stereocenters. The Morgan fingerprint density at radius 3 is 2.40 bits per heavy atom. The average Bonchev–Trinajstić information content (AvgIpc) is 3.44. The van der Waals surface area contributed by atoms with Crippen molar-refractivity contribution in [2.24, 2.45) is 4.99 Å². The normalized spacial score (nSPS) is 14.1. The third-order valence-electron chi connectivity index (χ3n) is 7.92. The molecule has 1 aliphatic heterocycles. The molecular formula is C38H32BrClN2O7S. The fourth-order valence-electron chi connectivity index (χ4n) is 5.68. The Hall–Kier alpha value is -4.84. The second-order valence-corrected chi connectivity index (χ2v) is 13.3. The zero-order valence-corrected chi connectivity index (χ0v) is 30.7. The summed E-state index contributed by atoms with van der Waals surface area (Å²) in [7, 11) is 4.63. The smallest absolute Gasteiger partial charge is 0.338 e. The highest BCUT2D eigenvalue weighted by molar-refractivity contribution is 9.10. The maximum atomic E-state index is 14.4. The van der Waals surface area contributed by atoms with Crippen LogP contribution in [0.1, 0.15) is 35.2 Å². The Morgan fingerprint density at radius 2 is 1.70 bits per heavy atom. The molecule has 0 saturated heterocycles. The van der Waals surface area contributed by atoms with Gasteiger partial charge in [0.05, 0.1) is 54.3 Å². The molecule has 0 fully saturated rings. The molecule has 12 heteroatoms. The second kappa shape index (κ2) is 15.4. The molecule has 2 heterocycles. The zero-order valence-electron chi connectivity index (χ0n) is 27.6. The van der Waals surface area contributed by atoms with Crippen LogP contribution in [0.4, 0.5) is 0 Å². The van der Waals surface area contributed by atoms with Crippen molar-refractivity contribution in [3.63, 3.8) is 0 Å². The van der Waals surface area contributed by atoms with E-state index in [0.29, 0.717) is 64.2 Å². The molecule has 0 bridgehead atoms. The van der Waals surface area contributed by atoms with E-state index in [0.717, 1.165) is 5.56 Å². The van der Waals surface area contributed by atoms with Crippen LogP contribution in [0.3, 0.4) is 0 Å². The van der Waals surface area contributed by atoms with E-state index in [1.807, 2.05) is 54.6 Å². The number of rotatable bonds is 11. The summed E-state index contributed by atoms with van der Waals surface area (Å²) in [6.07, 6.45) is 1.76. The van der Waals surface area contributed by atoms with Crippen LogP contribution in [0, 0.1) is 0 Å². The van der Waals surface area contributed by atoms with Gasteiger partial charge in [-0.1, -0.05) is 71.5 Å². The van der Waals surface area contributed by atoms with E-state index in [2.05, 4.69) is 15.9 Å². The Morgan fingerprint density at radius 1 is 0.940 bits per heavy atom. The molecule has 5 aromatic rings. The lowest BCUT2D eigenvalue weighted by Gasteiger charge is -2.26. The molecular weight excluding hydrogens is 744 g/mol. The number of esters is 1. The van der Waals surface area contributed by atoms with Crippen LogP contribution in [0.15, 0.2) is 105 Å². The predicted octanol–water partition coefficient (Wildman–Crippen LogP) is 6.96. The summed E-state index contributed by atoms with van der Waals surface area (Å²) in [5, 5.41) is 0.618. The Labute approximate surface area is 305 Å². The van der Waals surface area contributed by atoms with Crippen LogP contribution in [-0.2, 0) is 16.1 Å². The number of benzene rings is 4. The van der Waals surface area contributed by atoms with Gasteiger partial charge in [-0.05, 0) is 82.0 Å². The number of fused-ring (bicyclic) bond motifs is 1. The van der Waals surface area contributed by atoms with E-state index in [9.17, 15) is 9.59 Å². The number of hydrogen-bond acceptors (Lipinski definition) is 9. The number of methoxy groups -OCH3 is 3. The second-order valence-electron chi connectivity index (χ2n) is 11.0. The lowest BCUT2D eigenvalue weighted by atomic mass is 9.93. The van der Waals surface area contributed by atoms with E-state index in [-0.39, 0.29) is 24.3 Å². The molecule has 4 aromatic carbocycles. The standard InChI is InChI=1S/C38H32BrClN2O7S/c1-5-48-37(44)32-33(24-11-7-6-8-12-24)41-38-42(34(32)25-14-15-28(45-2)29(20-25)46-3)36(43)31(50-38)19-23-17-27(39)35(30(18-23)47-4)49-21-22-10-9-13-26(40)16-22/h6-20,34H,5,21H2,1-4H3/b31-19-/t34-/m1/s1. The van der Waals surface area contributed by atoms with Gasteiger partial charge in [-0.2, -0.15) is 0 Å². The summed E-state index contributed by atoms with van der Waals surface area (Å²) >= 11 is 11.0. The number of aromatic nitrogens is 1. The molecule has 1 aromatic heterocycles. The summed E-state index contributed by atoms with van der Waals surface area (Å²) < 4.78 is 31.0. The van der Waals surface area contributed by atoms with Gasteiger partial charge in [0.1, 0.15) is 6.61 Å². The molecule has 1 aliphatic rings. The van der Waals surface area contributed by atoms with Crippen molar-refractivity contribution >= 4 is 56.6 Å². The molecule has 256 valence electrons. The number of hydrogen-bond donors (Lipinski definition) is 0. The van der Waals surface area contributed by atoms with Crippen molar-refractivity contribution in [2.45, 2.75) is 19.6 Å². The third kappa shape index (κ3) is 7.07. The first kappa shape index (κ1) is 35.0. The van der Waals surface area contributed by atoms with E-state index >= 15 is 0 Å². The molecule has 9 nitrogen and oxygen atoms in total. The number of halogens is 2. The van der Waals surface area contributed by atoms with Gasteiger partial charge in [0.15, 0.2) is 27.8 Å². The number of carbonyl (C=O) groups excluding carboxylic acids is 1. The average molecular weight is 776 g/mol. The van der Waals surface area contributed by atoms with E-state index in [4.69, 9.17) is 40.3 Å². The summed E-state index contributed by atoms with van der Waals surface area (Å²) in [4.78, 5) is 33.6. The van der Waals surface area contributed by atoms with E-state index in [1.54, 1.807) is 57.6 Å². The summed E-state index contributed by atoms with van der Waals surface area (Å²) in [6, 6.07) is 24.9. The summed E-state index contributed by atoms with van der Waals surface area (Å²) in [6.45, 7) is 2.15. The van der Waals surface area contributed by atoms with Gasteiger partial charge in [0.2, 0.25) is 0 Å². The molecule has 0 saturated carbocycles. The number of nitrogens with zero attached hydrogens (tertiary/aromatic N) is 2. The van der Waals surface area contributed by atoms with Gasteiger partial charge >= 0.3 is 5.97 Å². The molecule has 1 atom stereocenters. The topological polar surface area (TPSA) is 97.6 Å². The molecule has 6 rings (SSSR count). The van der Waals surface area contributed by atoms with Gasteiger partial charge in [0.25, 0.3) is 5.56 Å². The molecule has 0 spiro atoms. The predicted molar refractivity (Wildman–Crippen MR) is 197 cm³/mol. The van der Waals surface area contributed by atoms with Gasteiger partial charge in [0, 0.05) is 10.6 Å². The maximum absolute atomic E-state index is 14.4. The van der Waals surface area contributed by atoms with Gasteiger partial charge < -0.3 is 23.7 Å². The molecule has 0 aliphatic carbocycles. The Bertz CT molecular complexity index is 2280.